The van der Waals surface area contributed by atoms with Crippen LogP contribution in [0.25, 0.3) is 104 Å². The lowest BCUT2D eigenvalue weighted by Crippen LogP contribution is -2.59. The number of hydrogen-bond donors (Lipinski definition) is 0. The number of aromatic nitrogens is 1. The maximum Gasteiger partial charge on any atom is 0.256 e. The van der Waals surface area contributed by atoms with Crippen molar-refractivity contribution in [3.05, 3.63) is 260 Å². The molecule has 0 aliphatic carbocycles. The molecule has 3 heterocycles. The molecule has 0 saturated carbocycles. The third-order valence-electron chi connectivity index (χ3n) is 16.9. The Morgan fingerprint density at radius 1 is 0.372 bits per heavy atom. The van der Waals surface area contributed by atoms with E-state index in [0.29, 0.717) is 0 Å². The molecule has 3 nitrogen and oxygen atoms in total. The Bertz CT molecular complexity index is 4570. The van der Waals surface area contributed by atoms with E-state index in [1.54, 1.807) is 0 Å². The van der Waals surface area contributed by atoms with Gasteiger partial charge in [0.1, 0.15) is 11.5 Å². The number of benzene rings is 13. The number of fused-ring (bicyclic) bond motifs is 7. The average Bonchev–Trinajstić information content (AvgIpc) is 3.69. The van der Waals surface area contributed by atoms with Gasteiger partial charge in [0.05, 0.1) is 22.4 Å². The van der Waals surface area contributed by atoms with Crippen LogP contribution in [0.15, 0.2) is 255 Å². The van der Waals surface area contributed by atoms with Crippen LogP contribution >= 0.6 is 0 Å². The van der Waals surface area contributed by atoms with Gasteiger partial charge >= 0.3 is 0 Å². The van der Waals surface area contributed by atoms with Gasteiger partial charge in [-0.05, 0) is 136 Å². The fourth-order valence-corrected chi connectivity index (χ4v) is 13.2. The van der Waals surface area contributed by atoms with Crippen molar-refractivity contribution in [3.63, 3.8) is 0 Å². The first-order valence-corrected chi connectivity index (χ1v) is 27.3. The van der Waals surface area contributed by atoms with Crippen LogP contribution < -0.4 is 26.0 Å². The molecule has 78 heavy (non-hydrogen) atoms. The molecule has 0 saturated heterocycles. The van der Waals surface area contributed by atoms with Crippen molar-refractivity contribution >= 4 is 94.3 Å². The van der Waals surface area contributed by atoms with Gasteiger partial charge in [-0.2, -0.15) is 0 Å². The molecule has 0 fully saturated rings. The predicted molar refractivity (Wildman–Crippen MR) is 331 cm³/mol. The lowest BCUT2D eigenvalue weighted by Gasteiger charge is -2.42. The summed E-state index contributed by atoms with van der Waals surface area (Å²) in [5.74, 6) is 1.72. The second-order valence-corrected chi connectivity index (χ2v) is 22.4. The molecule has 0 N–H and O–H groups in total. The fourth-order valence-electron chi connectivity index (χ4n) is 13.2. The van der Waals surface area contributed by atoms with E-state index in [4.69, 9.17) is 4.74 Å². The SMILES string of the molecule is CC(C)(C)c1cc2ccc3cc(-c4ccc5c(c4)B4c6cc(-c7ccccc7)ccc6Oc6cc(-n7c8ccccc8c8ccccc87)cc(c64)N5c4c(-c5ccccc5)cccc4-c4ccccc4)cc4ccc(c1)c2c34. The summed E-state index contributed by atoms with van der Waals surface area (Å²) >= 11 is 0. The summed E-state index contributed by atoms with van der Waals surface area (Å²) in [6.07, 6.45) is 0. The van der Waals surface area contributed by atoms with Crippen LogP contribution in [0.2, 0.25) is 0 Å². The minimum atomic E-state index is -0.174. The van der Waals surface area contributed by atoms with Crippen LogP contribution in [0.1, 0.15) is 26.3 Å². The van der Waals surface area contributed by atoms with E-state index < -0.39 is 0 Å². The van der Waals surface area contributed by atoms with Gasteiger partial charge in [0, 0.05) is 39.3 Å². The van der Waals surface area contributed by atoms with E-state index in [1.165, 1.54) is 70.8 Å². The Kier molecular flexibility index (Phi) is 9.69. The zero-order valence-electron chi connectivity index (χ0n) is 43.6. The third kappa shape index (κ3) is 6.79. The number of nitrogens with zero attached hydrogens (tertiary/aromatic N) is 2. The number of ether oxygens (including phenoxy) is 1. The van der Waals surface area contributed by atoms with E-state index in [1.807, 2.05) is 0 Å². The minimum Gasteiger partial charge on any atom is -0.458 e. The second kappa shape index (κ2) is 16.9. The van der Waals surface area contributed by atoms with Gasteiger partial charge < -0.3 is 14.2 Å². The lowest BCUT2D eigenvalue weighted by atomic mass is 9.34. The number of anilines is 3. The standard InChI is InChI=1S/C74H51BN2O/c1-74(2,3)56-40-53-32-30-51-38-55(39-52-31-33-54(41-56)71(53)70(51)52)50-34-36-66-62(42-50)75-63-43-49(46-18-7-4-8-19-46)35-37-68(63)78-69-45-57(76-64-28-15-13-24-60(64)61-25-14-16-29-65(61)76)44-67(72(69)75)77(66)73-58(47-20-9-5-10-21-47)26-17-27-59(73)48-22-11-6-12-23-48/h4-45H,1-3H3. The van der Waals surface area contributed by atoms with Crippen LogP contribution in [0.4, 0.5) is 17.1 Å². The summed E-state index contributed by atoms with van der Waals surface area (Å²) in [4.78, 5) is 2.58. The van der Waals surface area contributed by atoms with Crippen LogP contribution in [0, 0.1) is 0 Å². The second-order valence-electron chi connectivity index (χ2n) is 22.4. The molecule has 13 aromatic carbocycles. The molecule has 0 atom stereocenters. The molecule has 2 aliphatic heterocycles. The topological polar surface area (TPSA) is 17.4 Å². The molecule has 366 valence electrons. The highest BCUT2D eigenvalue weighted by Gasteiger charge is 2.44. The van der Waals surface area contributed by atoms with Gasteiger partial charge in [-0.1, -0.05) is 227 Å². The molecular weight excluding hydrogens is 944 g/mol. The van der Waals surface area contributed by atoms with Gasteiger partial charge in [0.15, 0.2) is 0 Å². The molecule has 0 spiro atoms. The Morgan fingerprint density at radius 3 is 1.47 bits per heavy atom. The first kappa shape index (κ1) is 44.6. The third-order valence-corrected chi connectivity index (χ3v) is 16.9. The van der Waals surface area contributed by atoms with Crippen molar-refractivity contribution in [1.82, 2.24) is 4.57 Å². The largest absolute Gasteiger partial charge is 0.458 e. The van der Waals surface area contributed by atoms with E-state index >= 15 is 0 Å². The summed E-state index contributed by atoms with van der Waals surface area (Å²) in [7, 11) is 0. The predicted octanol–water partition coefficient (Wildman–Crippen LogP) is 18.1. The van der Waals surface area contributed by atoms with E-state index in [2.05, 4.69) is 285 Å². The molecule has 2 aliphatic rings. The number of hydrogen-bond acceptors (Lipinski definition) is 2. The average molecular weight is 995 g/mol. The Balaban J connectivity index is 1.00. The van der Waals surface area contributed by atoms with Crippen molar-refractivity contribution in [2.24, 2.45) is 0 Å². The zero-order chi connectivity index (χ0) is 51.8. The van der Waals surface area contributed by atoms with Crippen molar-refractivity contribution in [1.29, 1.82) is 0 Å². The summed E-state index contributed by atoms with van der Waals surface area (Å²) in [6.45, 7) is 6.74. The minimum absolute atomic E-state index is 0.0520. The molecule has 14 aromatic rings. The Labute approximate surface area is 454 Å². The summed E-state index contributed by atoms with van der Waals surface area (Å²) < 4.78 is 9.85. The van der Waals surface area contributed by atoms with Crippen LogP contribution in [0.3, 0.4) is 0 Å². The molecule has 0 radical (unpaired) electrons. The highest BCUT2D eigenvalue weighted by atomic mass is 16.5. The molecular formula is C74H51BN2O. The zero-order valence-corrected chi connectivity index (χ0v) is 43.6. The van der Waals surface area contributed by atoms with Gasteiger partial charge in [-0.25, -0.2) is 0 Å². The maximum absolute atomic E-state index is 7.42. The molecule has 1 aromatic heterocycles. The van der Waals surface area contributed by atoms with Crippen molar-refractivity contribution in [2.45, 2.75) is 26.2 Å². The number of para-hydroxylation sites is 3. The van der Waals surface area contributed by atoms with Crippen LogP contribution in [-0.4, -0.2) is 11.3 Å². The van der Waals surface area contributed by atoms with Gasteiger partial charge in [-0.3, -0.25) is 0 Å². The Morgan fingerprint density at radius 2 is 0.885 bits per heavy atom. The first-order chi connectivity index (χ1) is 38.3. The quantitative estimate of drug-likeness (QED) is 0.122. The maximum atomic E-state index is 7.42. The molecule has 0 unspecified atom stereocenters. The molecule has 0 bridgehead atoms. The highest BCUT2D eigenvalue weighted by Crippen LogP contribution is 2.51. The smallest absolute Gasteiger partial charge is 0.256 e. The van der Waals surface area contributed by atoms with E-state index in [-0.39, 0.29) is 12.1 Å². The monoisotopic (exact) mass is 994 g/mol. The van der Waals surface area contributed by atoms with E-state index in [9.17, 15) is 0 Å². The van der Waals surface area contributed by atoms with Crippen LogP contribution in [0.5, 0.6) is 11.5 Å². The lowest BCUT2D eigenvalue weighted by molar-refractivity contribution is 0.487. The fraction of sp³-hybridized carbons (Fsp3) is 0.0541. The molecule has 0 amide bonds. The Hall–Kier alpha value is -9.64. The molecule has 16 rings (SSSR count). The van der Waals surface area contributed by atoms with Gasteiger partial charge in [0.25, 0.3) is 6.71 Å². The first-order valence-electron chi connectivity index (χ1n) is 27.3. The number of rotatable bonds is 6. The molecule has 4 heteroatoms. The normalized spacial score (nSPS) is 12.9. The van der Waals surface area contributed by atoms with E-state index in [0.717, 1.165) is 84.0 Å². The summed E-state index contributed by atoms with van der Waals surface area (Å²) in [5.41, 5.74) is 20.9. The van der Waals surface area contributed by atoms with Gasteiger partial charge in [0.2, 0.25) is 0 Å². The summed E-state index contributed by atoms with van der Waals surface area (Å²) in [5, 5.41) is 10.2. The van der Waals surface area contributed by atoms with Crippen molar-refractivity contribution in [3.8, 4) is 61.7 Å². The van der Waals surface area contributed by atoms with Crippen LogP contribution in [-0.2, 0) is 5.41 Å². The van der Waals surface area contributed by atoms with Crippen molar-refractivity contribution in [2.75, 3.05) is 4.90 Å². The summed E-state index contributed by atoms with van der Waals surface area (Å²) in [6, 6.07) is 94.8. The van der Waals surface area contributed by atoms with Crippen molar-refractivity contribution < 1.29 is 4.74 Å². The van der Waals surface area contributed by atoms with Gasteiger partial charge in [-0.15, -0.1) is 0 Å². The highest BCUT2D eigenvalue weighted by molar-refractivity contribution is 6.99.